The van der Waals surface area contributed by atoms with Gasteiger partial charge in [-0.15, -0.1) is 0 Å². The summed E-state index contributed by atoms with van der Waals surface area (Å²) in [6.07, 6.45) is 5.85. The summed E-state index contributed by atoms with van der Waals surface area (Å²) in [4.78, 5) is 56.6. The average molecular weight is 686 g/mol. The van der Waals surface area contributed by atoms with Crippen LogP contribution in [0.1, 0.15) is 83.5 Å². The Kier molecular flexibility index (Phi) is 22.4. The van der Waals surface area contributed by atoms with Crippen LogP contribution in [0.15, 0.2) is 46.4 Å². The van der Waals surface area contributed by atoms with Crippen molar-refractivity contribution in [3.8, 4) is 0 Å². The third kappa shape index (κ3) is 16.9. The highest BCUT2D eigenvalue weighted by atomic mass is 16.5. The Bertz CT molecular complexity index is 1400. The number of amides is 2. The van der Waals surface area contributed by atoms with Gasteiger partial charge in [-0.2, -0.15) is 0 Å². The van der Waals surface area contributed by atoms with Crippen LogP contribution in [-0.2, 0) is 27.4 Å². The minimum Gasteiger partial charge on any atom is -0.478 e. The summed E-state index contributed by atoms with van der Waals surface area (Å²) in [5.41, 5.74) is 12.1. The van der Waals surface area contributed by atoms with E-state index in [1.165, 1.54) is 7.11 Å². The molecule has 14 nitrogen and oxygen atoms in total. The van der Waals surface area contributed by atoms with E-state index in [-0.39, 0.29) is 39.1 Å². The number of rotatable bonds is 15. The van der Waals surface area contributed by atoms with Crippen LogP contribution in [0.3, 0.4) is 0 Å². The molecule has 4 rings (SSSR count). The molecule has 2 aliphatic rings. The Hall–Kier alpha value is -4.50. The number of hydroxylamine groups is 1. The van der Waals surface area contributed by atoms with Crippen molar-refractivity contribution in [2.45, 2.75) is 53.6 Å². The Balaban J connectivity index is 0.000000754. The van der Waals surface area contributed by atoms with E-state index < -0.39 is 5.97 Å². The summed E-state index contributed by atoms with van der Waals surface area (Å²) in [7, 11) is 5.33. The number of hydrogen-bond donors (Lipinski definition) is 5. The number of carbonyl (C=O) groups is 4. The third-order valence-corrected chi connectivity index (χ3v) is 7.29. The molecule has 0 aromatic heterocycles. The van der Waals surface area contributed by atoms with Crippen molar-refractivity contribution in [2.24, 2.45) is 15.7 Å². The summed E-state index contributed by atoms with van der Waals surface area (Å²) in [5.74, 6) is -1.50. The molecule has 272 valence electrons. The molecule has 0 atom stereocenters. The molecule has 0 unspecified atom stereocenters. The van der Waals surface area contributed by atoms with E-state index in [0.29, 0.717) is 56.7 Å². The molecule has 0 spiro atoms. The summed E-state index contributed by atoms with van der Waals surface area (Å²) in [6, 6.07) is 10.7. The third-order valence-electron chi connectivity index (χ3n) is 7.29. The maximum absolute atomic E-state index is 12.1. The van der Waals surface area contributed by atoms with Gasteiger partial charge in [0.15, 0.2) is 0 Å². The molecule has 49 heavy (non-hydrogen) atoms. The van der Waals surface area contributed by atoms with Crippen molar-refractivity contribution in [3.05, 3.63) is 69.8 Å². The van der Waals surface area contributed by atoms with Gasteiger partial charge in [0.25, 0.3) is 5.91 Å². The lowest BCUT2D eigenvalue weighted by molar-refractivity contribution is -0.140. The minimum absolute atomic E-state index is 0. The second-order valence-corrected chi connectivity index (χ2v) is 11.0. The van der Waals surface area contributed by atoms with E-state index in [2.05, 4.69) is 24.9 Å². The fraction of sp³-hybridized carbons (Fsp3) is 0.486. The SMILES string of the molecule is C.C.CN(CCCC(=O)NO)CCNC(=O)c1ccc2c(c1)CN=C2.COC(=O)CCCN(C)CCN.O=C(O)c1ccc2c(c1)CN=C2. The number of fused-ring (bicyclic) bond motifs is 2. The van der Waals surface area contributed by atoms with Crippen LogP contribution >= 0.6 is 0 Å². The van der Waals surface area contributed by atoms with Gasteiger partial charge in [0.1, 0.15) is 0 Å². The van der Waals surface area contributed by atoms with Gasteiger partial charge in [-0.25, -0.2) is 10.3 Å². The highest BCUT2D eigenvalue weighted by Crippen LogP contribution is 2.17. The van der Waals surface area contributed by atoms with Crippen LogP contribution in [0.25, 0.3) is 0 Å². The monoisotopic (exact) mass is 685 g/mol. The Morgan fingerprint density at radius 2 is 1.37 bits per heavy atom. The zero-order valence-corrected chi connectivity index (χ0v) is 27.4. The average Bonchev–Trinajstić information content (AvgIpc) is 3.74. The fourth-order valence-electron chi connectivity index (χ4n) is 4.56. The lowest BCUT2D eigenvalue weighted by Gasteiger charge is -2.16. The molecule has 6 N–H and O–H groups in total. The Morgan fingerprint density at radius 1 is 0.837 bits per heavy atom. The quantitative estimate of drug-likeness (QED) is 0.106. The van der Waals surface area contributed by atoms with Crippen molar-refractivity contribution in [3.63, 3.8) is 0 Å². The number of carboxylic acids is 1. The number of nitrogens with one attached hydrogen (secondary N) is 2. The standard InChI is InChI=1S/C16H22N4O3.C9H7NO2.C8H18N2O2.2CH4/c1-20(7-2-3-15(21)19-23)8-6-18-16(22)12-4-5-13-10-17-11-14(13)9-12;11-9(12)6-1-2-7-4-10-5-8(7)3-6;1-10(7-5-9)6-3-4-8(11)12-2;;/h4-5,9-10,23H,2-3,6-8,11H2,1H3,(H,18,22)(H,19,21);1-4H,5H2,(H,11,12);3-7,9H2,1-2H3;2*1H4. The largest absolute Gasteiger partial charge is 0.478 e. The van der Waals surface area contributed by atoms with Gasteiger partial charge < -0.3 is 30.7 Å². The van der Waals surface area contributed by atoms with Crippen LogP contribution < -0.4 is 16.5 Å². The number of ether oxygens (including phenoxy) is 1. The van der Waals surface area contributed by atoms with E-state index in [9.17, 15) is 19.2 Å². The number of nitrogens with two attached hydrogens (primary N) is 1. The van der Waals surface area contributed by atoms with Crippen molar-refractivity contribution in [1.29, 1.82) is 0 Å². The molecule has 0 fully saturated rings. The maximum atomic E-state index is 12.1. The molecule has 0 saturated heterocycles. The predicted octanol–water partition coefficient (Wildman–Crippen LogP) is 2.99. The number of carbonyl (C=O) groups excluding carboxylic acids is 3. The van der Waals surface area contributed by atoms with Gasteiger partial charge in [-0.1, -0.05) is 27.0 Å². The van der Waals surface area contributed by atoms with Crippen LogP contribution in [0.4, 0.5) is 0 Å². The maximum Gasteiger partial charge on any atom is 0.335 e. The molecule has 2 heterocycles. The van der Waals surface area contributed by atoms with Gasteiger partial charge >= 0.3 is 11.9 Å². The second kappa shape index (κ2) is 24.6. The molecule has 2 aromatic carbocycles. The first kappa shape index (κ1) is 44.5. The molecule has 14 heteroatoms. The molecule has 0 aliphatic carbocycles. The zero-order chi connectivity index (χ0) is 34.6. The molecule has 0 radical (unpaired) electrons. The van der Waals surface area contributed by atoms with E-state index in [1.54, 1.807) is 29.9 Å². The minimum atomic E-state index is -0.885. The molecule has 0 saturated carbocycles. The van der Waals surface area contributed by atoms with Crippen molar-refractivity contribution >= 4 is 36.2 Å². The molecule has 2 amide bonds. The first-order valence-corrected chi connectivity index (χ1v) is 15.4. The van der Waals surface area contributed by atoms with Crippen LogP contribution in [0, 0.1) is 0 Å². The number of hydrogen-bond acceptors (Lipinski definition) is 11. The summed E-state index contributed by atoms with van der Waals surface area (Å²) < 4.78 is 4.51. The lowest BCUT2D eigenvalue weighted by atomic mass is 10.1. The topological polar surface area (TPSA) is 199 Å². The number of aliphatic imine (C=N–C) groups is 2. The van der Waals surface area contributed by atoms with Crippen molar-refractivity contribution in [1.82, 2.24) is 20.6 Å². The summed E-state index contributed by atoms with van der Waals surface area (Å²) >= 11 is 0. The smallest absolute Gasteiger partial charge is 0.335 e. The van der Waals surface area contributed by atoms with E-state index in [0.717, 1.165) is 48.3 Å². The highest BCUT2D eigenvalue weighted by molar-refractivity contribution is 5.96. The number of nitrogens with zero attached hydrogens (tertiary/aromatic N) is 4. The number of carboxylic acid groups (broad SMARTS) is 1. The van der Waals surface area contributed by atoms with E-state index >= 15 is 0 Å². The predicted molar refractivity (Wildman–Crippen MR) is 193 cm³/mol. The zero-order valence-electron chi connectivity index (χ0n) is 27.4. The Labute approximate surface area is 290 Å². The first-order valence-electron chi connectivity index (χ1n) is 15.4. The van der Waals surface area contributed by atoms with Crippen LogP contribution in [-0.4, -0.2) is 117 Å². The molecule has 0 bridgehead atoms. The Morgan fingerprint density at radius 3 is 1.90 bits per heavy atom. The molecular formula is C35H55N7O7. The van der Waals surface area contributed by atoms with E-state index in [4.69, 9.17) is 16.0 Å². The normalized spacial score (nSPS) is 11.5. The van der Waals surface area contributed by atoms with E-state index in [1.807, 2.05) is 43.4 Å². The van der Waals surface area contributed by atoms with Crippen molar-refractivity contribution < 1.29 is 34.2 Å². The fourth-order valence-corrected chi connectivity index (χ4v) is 4.56. The van der Waals surface area contributed by atoms with Crippen LogP contribution in [0.2, 0.25) is 0 Å². The number of esters is 1. The number of likely N-dealkylation sites (N-methyl/N-ethyl adjacent to an activating group) is 2. The van der Waals surface area contributed by atoms with Gasteiger partial charge in [-0.05, 0) is 86.5 Å². The van der Waals surface area contributed by atoms with Gasteiger partial charge in [0.2, 0.25) is 5.91 Å². The lowest BCUT2D eigenvalue weighted by Crippen LogP contribution is -2.33. The van der Waals surface area contributed by atoms with Crippen LogP contribution in [0.5, 0.6) is 0 Å². The number of aromatic carboxylic acids is 1. The second-order valence-electron chi connectivity index (χ2n) is 11.0. The van der Waals surface area contributed by atoms with Gasteiger partial charge in [0.05, 0.1) is 25.8 Å². The summed E-state index contributed by atoms with van der Waals surface area (Å²) in [5, 5.41) is 20.0. The number of benzene rings is 2. The molecule has 2 aromatic rings. The van der Waals surface area contributed by atoms with Gasteiger partial charge in [-0.3, -0.25) is 29.6 Å². The molecule has 2 aliphatic heterocycles. The molecular weight excluding hydrogens is 630 g/mol. The number of methoxy groups -OCH3 is 1. The first-order chi connectivity index (χ1) is 22.6. The van der Waals surface area contributed by atoms with Crippen molar-refractivity contribution in [2.75, 3.05) is 60.5 Å². The van der Waals surface area contributed by atoms with Gasteiger partial charge in [0, 0.05) is 57.0 Å². The highest BCUT2D eigenvalue weighted by Gasteiger charge is 2.12. The summed E-state index contributed by atoms with van der Waals surface area (Å²) in [6.45, 7) is 5.63.